The van der Waals surface area contributed by atoms with Crippen molar-refractivity contribution in [3.63, 3.8) is 0 Å². The molecule has 2 aliphatic heterocycles. The summed E-state index contributed by atoms with van der Waals surface area (Å²) in [6.45, 7) is 1.97. The van der Waals surface area contributed by atoms with Crippen LogP contribution in [-0.4, -0.2) is 40.5 Å². The molecule has 6 unspecified atom stereocenters. The monoisotopic (exact) mass is 328 g/mol. The lowest BCUT2D eigenvalue weighted by Crippen LogP contribution is -2.28. The third kappa shape index (κ3) is 3.61. The predicted molar refractivity (Wildman–Crippen MR) is 78.2 cm³/mol. The molecule has 0 saturated carbocycles. The van der Waals surface area contributed by atoms with Crippen molar-refractivity contribution < 1.29 is 14.6 Å². The van der Waals surface area contributed by atoms with E-state index in [-0.39, 0.29) is 35.3 Å². The summed E-state index contributed by atoms with van der Waals surface area (Å²) in [5, 5.41) is 9.81. The molecule has 2 saturated heterocycles. The number of halogens is 1. The number of allylic oxidation sites excluding steroid dienone is 2. The molecule has 106 valence electrons. The molecule has 2 rings (SSSR count). The predicted octanol–water partition coefficient (Wildman–Crippen LogP) is 2.42. The maximum absolute atomic E-state index is 9.81. The minimum Gasteiger partial charge on any atom is -0.390 e. The van der Waals surface area contributed by atoms with Crippen LogP contribution in [0.2, 0.25) is 0 Å². The molecule has 2 fully saturated rings. The van der Waals surface area contributed by atoms with Gasteiger partial charge in [0, 0.05) is 17.7 Å². The van der Waals surface area contributed by atoms with E-state index < -0.39 is 0 Å². The Kier molecular flexibility index (Phi) is 5.47. The third-order valence-electron chi connectivity index (χ3n) is 3.87. The van der Waals surface area contributed by atoms with Gasteiger partial charge in [-0.15, -0.1) is 6.42 Å². The maximum atomic E-state index is 9.81. The molecule has 0 aromatic rings. The minimum atomic E-state index is -0.369. The van der Waals surface area contributed by atoms with E-state index in [0.29, 0.717) is 0 Å². The number of ether oxygens (including phenoxy) is 2. The molecular weight excluding hydrogens is 308 g/mol. The van der Waals surface area contributed by atoms with Gasteiger partial charge in [-0.3, -0.25) is 0 Å². The first-order valence-electron chi connectivity index (χ1n) is 6.89. The topological polar surface area (TPSA) is 38.7 Å². The molecule has 2 aliphatic rings. The van der Waals surface area contributed by atoms with Crippen molar-refractivity contribution in [2.45, 2.75) is 68.0 Å². The molecule has 0 amide bonds. The molecule has 19 heavy (non-hydrogen) atoms. The van der Waals surface area contributed by atoms with Gasteiger partial charge in [0.05, 0.1) is 30.5 Å². The zero-order valence-corrected chi connectivity index (χ0v) is 12.8. The van der Waals surface area contributed by atoms with Gasteiger partial charge in [-0.25, -0.2) is 0 Å². The van der Waals surface area contributed by atoms with Crippen LogP contribution >= 0.6 is 15.9 Å². The number of terminal acetylenes is 1. The fourth-order valence-corrected chi connectivity index (χ4v) is 3.33. The van der Waals surface area contributed by atoms with Crippen LogP contribution in [-0.2, 0) is 9.47 Å². The number of aliphatic hydroxyl groups excluding tert-OH is 1. The minimum absolute atomic E-state index is 0.0592. The summed E-state index contributed by atoms with van der Waals surface area (Å²) in [6, 6.07) is 0. The zero-order chi connectivity index (χ0) is 13.8. The van der Waals surface area contributed by atoms with E-state index in [1.807, 2.05) is 13.0 Å². The van der Waals surface area contributed by atoms with Crippen molar-refractivity contribution in [1.82, 2.24) is 0 Å². The number of aliphatic hydroxyl groups is 1. The lowest BCUT2D eigenvalue weighted by atomic mass is 10.0. The number of rotatable bonds is 5. The summed E-state index contributed by atoms with van der Waals surface area (Å²) < 4.78 is 11.9. The van der Waals surface area contributed by atoms with Gasteiger partial charge in [-0.2, -0.15) is 0 Å². The van der Waals surface area contributed by atoms with Crippen molar-refractivity contribution in [3.05, 3.63) is 12.2 Å². The van der Waals surface area contributed by atoms with Crippen molar-refractivity contribution >= 4 is 15.9 Å². The molecule has 0 aliphatic carbocycles. The lowest BCUT2D eigenvalue weighted by molar-refractivity contribution is -0.0355. The Morgan fingerprint density at radius 1 is 1.37 bits per heavy atom. The molecule has 0 radical (unpaired) electrons. The Balaban J connectivity index is 1.81. The fraction of sp³-hybridized carbons (Fsp3) is 0.733. The molecular formula is C15H21BrO3. The maximum Gasteiger partial charge on any atom is 0.0868 e. The van der Waals surface area contributed by atoms with E-state index in [9.17, 15) is 5.11 Å². The van der Waals surface area contributed by atoms with Crippen LogP contribution in [0.4, 0.5) is 0 Å². The van der Waals surface area contributed by atoms with Crippen LogP contribution in [0.1, 0.15) is 32.6 Å². The van der Waals surface area contributed by atoms with Gasteiger partial charge in [0.2, 0.25) is 0 Å². The Morgan fingerprint density at radius 3 is 2.63 bits per heavy atom. The van der Waals surface area contributed by atoms with Crippen LogP contribution in [0.25, 0.3) is 0 Å². The summed E-state index contributed by atoms with van der Waals surface area (Å²) in [5.41, 5.74) is 0. The number of fused-ring (bicyclic) bond motifs is 1. The normalized spacial score (nSPS) is 37.2. The zero-order valence-electron chi connectivity index (χ0n) is 11.2. The molecule has 0 spiro atoms. The van der Waals surface area contributed by atoms with E-state index in [1.54, 1.807) is 6.08 Å². The summed E-state index contributed by atoms with van der Waals surface area (Å²) in [5.74, 6) is 2.48. The molecule has 1 N–H and O–H groups in total. The van der Waals surface area contributed by atoms with Gasteiger partial charge < -0.3 is 14.6 Å². The summed E-state index contributed by atoms with van der Waals surface area (Å²) in [7, 11) is 0. The molecule has 4 heteroatoms. The van der Waals surface area contributed by atoms with Crippen LogP contribution in [0.3, 0.4) is 0 Å². The summed E-state index contributed by atoms with van der Waals surface area (Å²) in [4.78, 5) is 0.265. The molecule has 2 heterocycles. The first-order chi connectivity index (χ1) is 9.15. The van der Waals surface area contributed by atoms with Gasteiger partial charge in [0.1, 0.15) is 0 Å². The largest absolute Gasteiger partial charge is 0.390 e. The van der Waals surface area contributed by atoms with Crippen LogP contribution in [0.5, 0.6) is 0 Å². The molecule has 0 bridgehead atoms. The van der Waals surface area contributed by atoms with Gasteiger partial charge in [-0.05, 0) is 18.9 Å². The third-order valence-corrected chi connectivity index (χ3v) is 4.83. The number of hydrogen-bond donors (Lipinski definition) is 1. The highest BCUT2D eigenvalue weighted by atomic mass is 79.9. The van der Waals surface area contributed by atoms with Gasteiger partial charge in [0.15, 0.2) is 0 Å². The average Bonchev–Trinajstić information content (AvgIpc) is 2.96. The second-order valence-electron chi connectivity index (χ2n) is 5.19. The van der Waals surface area contributed by atoms with E-state index in [4.69, 9.17) is 15.9 Å². The van der Waals surface area contributed by atoms with Crippen molar-refractivity contribution in [2.24, 2.45) is 0 Å². The Morgan fingerprint density at radius 2 is 2.00 bits per heavy atom. The van der Waals surface area contributed by atoms with Gasteiger partial charge in [-0.1, -0.05) is 34.9 Å². The highest BCUT2D eigenvalue weighted by molar-refractivity contribution is 9.09. The SMILES string of the molecule is C#CC=CCC(Br)C1CC2OC(C(O)CC)CC2O1. The second kappa shape index (κ2) is 6.90. The number of alkyl halides is 1. The van der Waals surface area contributed by atoms with Crippen LogP contribution < -0.4 is 0 Å². The van der Waals surface area contributed by atoms with E-state index in [0.717, 1.165) is 25.7 Å². The highest BCUT2D eigenvalue weighted by Gasteiger charge is 2.46. The van der Waals surface area contributed by atoms with Crippen molar-refractivity contribution in [1.29, 1.82) is 0 Å². The molecule has 3 nitrogen and oxygen atoms in total. The summed E-state index contributed by atoms with van der Waals surface area (Å²) in [6.07, 6.45) is 12.1. The highest BCUT2D eigenvalue weighted by Crippen LogP contribution is 2.38. The van der Waals surface area contributed by atoms with Crippen LogP contribution in [0, 0.1) is 12.3 Å². The quantitative estimate of drug-likeness (QED) is 0.622. The van der Waals surface area contributed by atoms with Gasteiger partial charge in [0.25, 0.3) is 0 Å². The number of hydrogen-bond acceptors (Lipinski definition) is 3. The average molecular weight is 329 g/mol. The fourth-order valence-electron chi connectivity index (χ4n) is 2.77. The molecule has 6 atom stereocenters. The Hall–Kier alpha value is -0.340. The summed E-state index contributed by atoms with van der Waals surface area (Å²) >= 11 is 3.65. The molecule has 0 aromatic heterocycles. The Bertz CT molecular complexity index is 349. The van der Waals surface area contributed by atoms with E-state index in [2.05, 4.69) is 21.9 Å². The first-order valence-corrected chi connectivity index (χ1v) is 7.81. The Labute approximate surface area is 123 Å². The molecule has 0 aromatic carbocycles. The van der Waals surface area contributed by atoms with Crippen LogP contribution in [0.15, 0.2) is 12.2 Å². The second-order valence-corrected chi connectivity index (χ2v) is 6.37. The van der Waals surface area contributed by atoms with Crippen molar-refractivity contribution in [3.8, 4) is 12.3 Å². The first kappa shape index (κ1) is 15.1. The van der Waals surface area contributed by atoms with Crippen molar-refractivity contribution in [2.75, 3.05) is 0 Å². The lowest BCUT2D eigenvalue weighted by Gasteiger charge is -2.21. The smallest absolute Gasteiger partial charge is 0.0868 e. The van der Waals surface area contributed by atoms with Gasteiger partial charge >= 0.3 is 0 Å². The van der Waals surface area contributed by atoms with E-state index >= 15 is 0 Å². The van der Waals surface area contributed by atoms with E-state index in [1.165, 1.54) is 0 Å². The standard InChI is InChI=1S/C15H21BrO3/c1-3-5-6-7-10(16)12-8-14-15(18-12)9-13(19-14)11(17)4-2/h1,5-6,10-15,17H,4,7-9H2,2H3.